The Labute approximate surface area is 174 Å². The quantitative estimate of drug-likeness (QED) is 0.235. The van der Waals surface area contributed by atoms with Gasteiger partial charge in [0.15, 0.2) is 0 Å². The fraction of sp³-hybridized carbons (Fsp3) is 0.0435. The Bertz CT molecular complexity index is 1260. The minimum Gasteiger partial charge on any atom is -0.497 e. The van der Waals surface area contributed by atoms with Crippen LogP contribution in [0.15, 0.2) is 86.5 Å². The van der Waals surface area contributed by atoms with Gasteiger partial charge >= 0.3 is 11.6 Å². The first-order chi connectivity index (χ1) is 14.0. The second-order valence-electron chi connectivity index (χ2n) is 6.25. The molecule has 4 rings (SSSR count). The van der Waals surface area contributed by atoms with E-state index in [4.69, 9.17) is 13.9 Å². The maximum atomic E-state index is 12.6. The first-order valence-electron chi connectivity index (χ1n) is 8.74. The summed E-state index contributed by atoms with van der Waals surface area (Å²) in [6.07, 6.45) is 0. The maximum Gasteiger partial charge on any atom is 0.351 e. The molecule has 0 unspecified atom stereocenters. The number of halogens is 1. The number of hydrogen-bond acceptors (Lipinski definition) is 5. The Morgan fingerprint density at radius 2 is 1.72 bits per heavy atom. The number of carbonyl (C=O) groups is 1. The second kappa shape index (κ2) is 7.93. The average Bonchev–Trinajstić information content (AvgIpc) is 2.75. The highest BCUT2D eigenvalue weighted by Gasteiger charge is 2.18. The lowest BCUT2D eigenvalue weighted by atomic mass is 10.1. The summed E-state index contributed by atoms with van der Waals surface area (Å²) in [5.74, 6) is 0.0985. The van der Waals surface area contributed by atoms with E-state index in [0.29, 0.717) is 26.9 Å². The highest BCUT2D eigenvalue weighted by atomic mass is 79.9. The molecule has 0 spiro atoms. The molecule has 0 fully saturated rings. The van der Waals surface area contributed by atoms with Gasteiger partial charge in [0.2, 0.25) is 0 Å². The van der Waals surface area contributed by atoms with Crippen molar-refractivity contribution in [2.75, 3.05) is 7.11 Å². The van der Waals surface area contributed by atoms with Crippen molar-refractivity contribution in [1.82, 2.24) is 0 Å². The van der Waals surface area contributed by atoms with Gasteiger partial charge < -0.3 is 13.9 Å². The van der Waals surface area contributed by atoms with Crippen LogP contribution in [0.2, 0.25) is 0 Å². The zero-order chi connectivity index (χ0) is 20.4. The Kier molecular flexibility index (Phi) is 5.18. The number of carbonyl (C=O) groups excluding carboxylic acids is 1. The molecule has 6 heteroatoms. The lowest BCUT2D eigenvalue weighted by Crippen LogP contribution is -2.18. The van der Waals surface area contributed by atoms with Crippen LogP contribution in [0.4, 0.5) is 0 Å². The Balaban J connectivity index is 1.64. The summed E-state index contributed by atoms with van der Waals surface area (Å²) >= 11 is 3.43. The van der Waals surface area contributed by atoms with Crippen LogP contribution in [-0.2, 0) is 0 Å². The highest BCUT2D eigenvalue weighted by molar-refractivity contribution is 9.10. The summed E-state index contributed by atoms with van der Waals surface area (Å²) in [4.78, 5) is 24.8. The number of ether oxygens (including phenoxy) is 2. The molecule has 0 N–H and O–H groups in total. The van der Waals surface area contributed by atoms with Gasteiger partial charge in [-0.2, -0.15) is 0 Å². The monoisotopic (exact) mass is 450 g/mol. The minimum absolute atomic E-state index is 0.190. The van der Waals surface area contributed by atoms with Gasteiger partial charge in [-0.05, 0) is 63.5 Å². The van der Waals surface area contributed by atoms with Crippen molar-refractivity contribution in [3.63, 3.8) is 0 Å². The average molecular weight is 451 g/mol. The van der Waals surface area contributed by atoms with E-state index in [9.17, 15) is 9.59 Å². The summed E-state index contributed by atoms with van der Waals surface area (Å²) < 4.78 is 16.4. The molecule has 5 nitrogen and oxygen atoms in total. The molecular formula is C23H15BrO5. The van der Waals surface area contributed by atoms with Crippen molar-refractivity contribution in [2.24, 2.45) is 0 Å². The number of benzene rings is 3. The first-order valence-corrected chi connectivity index (χ1v) is 9.53. The summed E-state index contributed by atoms with van der Waals surface area (Å²) in [5.41, 5.74) is 1.42. The van der Waals surface area contributed by atoms with E-state index >= 15 is 0 Å². The topological polar surface area (TPSA) is 65.7 Å². The molecular weight excluding hydrogens is 436 g/mol. The van der Waals surface area contributed by atoms with E-state index in [0.717, 1.165) is 11.1 Å². The summed E-state index contributed by atoms with van der Waals surface area (Å²) in [7, 11) is 1.53. The molecule has 1 heterocycles. The van der Waals surface area contributed by atoms with Crippen molar-refractivity contribution in [2.45, 2.75) is 0 Å². The number of fused-ring (bicyclic) bond motifs is 1. The van der Waals surface area contributed by atoms with Crippen LogP contribution in [0, 0.1) is 0 Å². The van der Waals surface area contributed by atoms with E-state index in [-0.39, 0.29) is 5.56 Å². The lowest BCUT2D eigenvalue weighted by Gasteiger charge is -2.09. The highest BCUT2D eigenvalue weighted by Crippen LogP contribution is 2.31. The largest absolute Gasteiger partial charge is 0.497 e. The van der Waals surface area contributed by atoms with Crippen LogP contribution in [0.1, 0.15) is 10.4 Å². The number of methoxy groups -OCH3 is 1. The Morgan fingerprint density at radius 1 is 0.931 bits per heavy atom. The molecule has 0 atom stereocenters. The molecule has 1 aromatic heterocycles. The van der Waals surface area contributed by atoms with Gasteiger partial charge in [-0.1, -0.05) is 36.4 Å². The predicted molar refractivity (Wildman–Crippen MR) is 114 cm³/mol. The van der Waals surface area contributed by atoms with Crippen LogP contribution < -0.4 is 15.1 Å². The second-order valence-corrected chi connectivity index (χ2v) is 7.11. The third-order valence-corrected chi connectivity index (χ3v) is 5.02. The normalized spacial score (nSPS) is 10.7. The Morgan fingerprint density at radius 3 is 2.45 bits per heavy atom. The molecule has 144 valence electrons. The van der Waals surface area contributed by atoms with Gasteiger partial charge in [0.05, 0.1) is 11.6 Å². The van der Waals surface area contributed by atoms with E-state index in [1.54, 1.807) is 24.3 Å². The molecule has 3 aromatic carbocycles. The van der Waals surface area contributed by atoms with Crippen molar-refractivity contribution >= 4 is 32.9 Å². The molecule has 0 aliphatic heterocycles. The minimum atomic E-state index is -0.795. The van der Waals surface area contributed by atoms with Crippen molar-refractivity contribution < 1.29 is 18.7 Å². The smallest absolute Gasteiger partial charge is 0.351 e. The molecule has 0 aliphatic rings. The molecule has 0 radical (unpaired) electrons. The number of esters is 1. The van der Waals surface area contributed by atoms with E-state index in [2.05, 4.69) is 15.9 Å². The van der Waals surface area contributed by atoms with Gasteiger partial charge in [-0.3, -0.25) is 0 Å². The fourth-order valence-electron chi connectivity index (χ4n) is 2.92. The van der Waals surface area contributed by atoms with Crippen molar-refractivity contribution in [3.05, 3.63) is 93.3 Å². The van der Waals surface area contributed by atoms with Gasteiger partial charge in [-0.15, -0.1) is 0 Å². The van der Waals surface area contributed by atoms with Gasteiger partial charge in [-0.25, -0.2) is 9.59 Å². The van der Waals surface area contributed by atoms with E-state index in [1.807, 2.05) is 42.5 Å². The standard InChI is InChI=1S/C23H15BrO5/c1-27-17-8-10-20-16(11-17)12-18(22(25)28-20)23(26)29-21-9-7-15(13-19(21)24)14-5-3-2-4-6-14/h2-13H,1H3. The fourth-order valence-corrected chi connectivity index (χ4v) is 3.38. The first kappa shape index (κ1) is 19.0. The van der Waals surface area contributed by atoms with Crippen LogP contribution in [0.3, 0.4) is 0 Å². The zero-order valence-corrected chi connectivity index (χ0v) is 16.9. The van der Waals surface area contributed by atoms with Crippen LogP contribution in [-0.4, -0.2) is 13.1 Å². The van der Waals surface area contributed by atoms with Crippen LogP contribution >= 0.6 is 15.9 Å². The number of rotatable bonds is 4. The van der Waals surface area contributed by atoms with Crippen molar-refractivity contribution in [3.8, 4) is 22.6 Å². The molecule has 29 heavy (non-hydrogen) atoms. The van der Waals surface area contributed by atoms with Gasteiger partial charge in [0, 0.05) is 5.39 Å². The van der Waals surface area contributed by atoms with Crippen LogP contribution in [0.5, 0.6) is 11.5 Å². The van der Waals surface area contributed by atoms with E-state index in [1.165, 1.54) is 13.2 Å². The lowest BCUT2D eigenvalue weighted by molar-refractivity contribution is 0.0729. The van der Waals surface area contributed by atoms with Gasteiger partial charge in [0.25, 0.3) is 0 Å². The van der Waals surface area contributed by atoms with E-state index < -0.39 is 11.6 Å². The number of hydrogen-bond donors (Lipinski definition) is 0. The predicted octanol–water partition coefficient (Wildman–Crippen LogP) is 5.45. The maximum absolute atomic E-state index is 12.6. The summed E-state index contributed by atoms with van der Waals surface area (Å²) in [5, 5.41) is 0.564. The van der Waals surface area contributed by atoms with Crippen molar-refractivity contribution in [1.29, 1.82) is 0 Å². The third-order valence-electron chi connectivity index (χ3n) is 4.40. The molecule has 0 saturated carbocycles. The van der Waals surface area contributed by atoms with Crippen LogP contribution in [0.25, 0.3) is 22.1 Å². The molecule has 0 aliphatic carbocycles. The summed E-state index contributed by atoms with van der Waals surface area (Å²) in [6.45, 7) is 0. The molecule has 4 aromatic rings. The molecule has 0 amide bonds. The molecule has 0 bridgehead atoms. The van der Waals surface area contributed by atoms with Gasteiger partial charge in [0.1, 0.15) is 22.6 Å². The Hall–Kier alpha value is -3.38. The third kappa shape index (κ3) is 3.93. The SMILES string of the molecule is COc1ccc2oc(=O)c(C(=O)Oc3ccc(-c4ccccc4)cc3Br)cc2c1. The summed E-state index contributed by atoms with van der Waals surface area (Å²) in [6, 6.07) is 21.6. The zero-order valence-electron chi connectivity index (χ0n) is 15.3. The molecule has 0 saturated heterocycles.